The summed E-state index contributed by atoms with van der Waals surface area (Å²) in [5, 5.41) is 0.586. The number of anilines is 2. The summed E-state index contributed by atoms with van der Waals surface area (Å²) in [4.78, 5) is 45.0. The predicted molar refractivity (Wildman–Crippen MR) is 138 cm³/mol. The van der Waals surface area contributed by atoms with Crippen molar-refractivity contribution in [2.24, 2.45) is 11.8 Å². The Morgan fingerprint density at radius 1 is 0.917 bits per heavy atom. The van der Waals surface area contributed by atoms with E-state index >= 15 is 0 Å². The standard InChI is InChI=1S/C29H23ClN2O4/c1-16-14-23-24-25(29(35)31(28(24)34)19-9-11-20(36-2)12-10-19)26(27(33)17-6-4-3-5-7-17)32(23)22-13-8-18(30)15-21(16)22/h3-15,23-26H,1-2H3/t23-,24-,25-,26+/m1/s1. The largest absolute Gasteiger partial charge is 0.497 e. The van der Waals surface area contributed by atoms with Crippen molar-refractivity contribution in [1.29, 1.82) is 0 Å². The van der Waals surface area contributed by atoms with Crippen LogP contribution < -0.4 is 14.5 Å². The van der Waals surface area contributed by atoms with E-state index in [1.165, 1.54) is 4.90 Å². The molecule has 0 unspecified atom stereocenters. The summed E-state index contributed by atoms with van der Waals surface area (Å²) in [6.07, 6.45) is 2.00. The predicted octanol–water partition coefficient (Wildman–Crippen LogP) is 5.01. The number of halogens is 1. The second kappa shape index (κ2) is 8.35. The summed E-state index contributed by atoms with van der Waals surface area (Å²) in [5.74, 6) is -1.71. The van der Waals surface area contributed by atoms with E-state index in [1.807, 2.05) is 36.1 Å². The molecule has 3 aliphatic rings. The van der Waals surface area contributed by atoms with Crippen LogP contribution in [-0.2, 0) is 9.59 Å². The number of amides is 2. The fourth-order valence-electron chi connectivity index (χ4n) is 5.87. The summed E-state index contributed by atoms with van der Waals surface area (Å²) >= 11 is 6.29. The van der Waals surface area contributed by atoms with E-state index in [-0.39, 0.29) is 17.6 Å². The number of hydrogen-bond acceptors (Lipinski definition) is 5. The van der Waals surface area contributed by atoms with Crippen LogP contribution in [0.25, 0.3) is 5.57 Å². The molecule has 2 amide bonds. The quantitative estimate of drug-likeness (QED) is 0.373. The van der Waals surface area contributed by atoms with Crippen molar-refractivity contribution in [3.05, 3.63) is 95.0 Å². The number of carbonyl (C=O) groups is 3. The molecule has 0 N–H and O–H groups in total. The van der Waals surface area contributed by atoms with E-state index in [2.05, 4.69) is 0 Å². The number of Topliss-reactive ketones (excluding diaryl/α,β-unsaturated/α-hetero) is 1. The maximum absolute atomic E-state index is 14.0. The zero-order valence-electron chi connectivity index (χ0n) is 19.7. The highest BCUT2D eigenvalue weighted by atomic mass is 35.5. The highest BCUT2D eigenvalue weighted by Crippen LogP contribution is 2.51. The van der Waals surface area contributed by atoms with Gasteiger partial charge in [-0.2, -0.15) is 0 Å². The molecule has 6 rings (SSSR count). The van der Waals surface area contributed by atoms with Gasteiger partial charge in [-0.25, -0.2) is 4.90 Å². The van der Waals surface area contributed by atoms with E-state index in [9.17, 15) is 14.4 Å². The molecule has 0 bridgehead atoms. The second-order valence-electron chi connectivity index (χ2n) is 9.35. The lowest BCUT2D eigenvalue weighted by Crippen LogP contribution is -2.49. The molecule has 3 aliphatic heterocycles. The fourth-order valence-corrected chi connectivity index (χ4v) is 6.05. The van der Waals surface area contributed by atoms with Crippen LogP contribution in [0.2, 0.25) is 5.02 Å². The Bertz CT molecular complexity index is 1430. The number of ether oxygens (including phenoxy) is 1. The minimum absolute atomic E-state index is 0.181. The Morgan fingerprint density at radius 3 is 2.31 bits per heavy atom. The monoisotopic (exact) mass is 498 g/mol. The number of fused-ring (bicyclic) bond motifs is 5. The Hall–Kier alpha value is -3.90. The van der Waals surface area contributed by atoms with E-state index in [0.29, 0.717) is 22.0 Å². The van der Waals surface area contributed by atoms with Crippen molar-refractivity contribution >= 4 is 46.1 Å². The number of methoxy groups -OCH3 is 1. The van der Waals surface area contributed by atoms with Crippen LogP contribution in [0.15, 0.2) is 78.9 Å². The summed E-state index contributed by atoms with van der Waals surface area (Å²) in [6, 6.07) is 20.0. The van der Waals surface area contributed by atoms with Crippen molar-refractivity contribution in [2.45, 2.75) is 19.0 Å². The SMILES string of the molecule is COc1ccc(N2C(=O)[C@@H]3[C@H](C2=O)[C@H]2C=C(C)c4cc(Cl)ccc4N2[C@@H]3C(=O)c2ccccc2)cc1. The normalized spacial score (nSPS) is 24.2. The fraction of sp³-hybridized carbons (Fsp3) is 0.207. The van der Waals surface area contributed by atoms with Crippen LogP contribution in [0.4, 0.5) is 11.4 Å². The Morgan fingerprint density at radius 2 is 1.61 bits per heavy atom. The van der Waals surface area contributed by atoms with Crippen molar-refractivity contribution in [3.8, 4) is 5.75 Å². The number of carbonyl (C=O) groups excluding carboxylic acids is 3. The Balaban J connectivity index is 1.50. The minimum Gasteiger partial charge on any atom is -0.497 e. The van der Waals surface area contributed by atoms with Gasteiger partial charge < -0.3 is 9.64 Å². The number of rotatable bonds is 4. The van der Waals surface area contributed by atoms with Gasteiger partial charge in [0.25, 0.3) is 0 Å². The molecule has 4 atom stereocenters. The lowest BCUT2D eigenvalue weighted by Gasteiger charge is -2.38. The molecule has 7 heteroatoms. The van der Waals surface area contributed by atoms with Gasteiger partial charge in [-0.1, -0.05) is 48.0 Å². The molecule has 2 fully saturated rings. The average molecular weight is 499 g/mol. The van der Waals surface area contributed by atoms with Gasteiger partial charge in [0.05, 0.1) is 30.7 Å². The second-order valence-corrected chi connectivity index (χ2v) is 9.78. The molecule has 2 saturated heterocycles. The van der Waals surface area contributed by atoms with Gasteiger partial charge in [-0.05, 0) is 55.0 Å². The van der Waals surface area contributed by atoms with Crippen LogP contribution in [0.5, 0.6) is 5.75 Å². The van der Waals surface area contributed by atoms with Gasteiger partial charge in [0.2, 0.25) is 11.8 Å². The number of nitrogens with zero attached hydrogens (tertiary/aromatic N) is 2. The average Bonchev–Trinajstić information content (AvgIpc) is 3.36. The van der Waals surface area contributed by atoms with Crippen molar-refractivity contribution in [1.82, 2.24) is 0 Å². The third kappa shape index (κ3) is 3.21. The van der Waals surface area contributed by atoms with Gasteiger partial charge in [-0.15, -0.1) is 0 Å². The van der Waals surface area contributed by atoms with Gasteiger partial charge in [0, 0.05) is 21.8 Å². The van der Waals surface area contributed by atoms with Crippen molar-refractivity contribution in [3.63, 3.8) is 0 Å². The maximum Gasteiger partial charge on any atom is 0.240 e. The zero-order valence-corrected chi connectivity index (χ0v) is 20.5. The van der Waals surface area contributed by atoms with E-state index < -0.39 is 23.9 Å². The van der Waals surface area contributed by atoms with E-state index in [4.69, 9.17) is 16.3 Å². The molecule has 6 nitrogen and oxygen atoms in total. The van der Waals surface area contributed by atoms with Crippen LogP contribution in [0.1, 0.15) is 22.8 Å². The van der Waals surface area contributed by atoms with Gasteiger partial charge in [0.15, 0.2) is 5.78 Å². The number of benzene rings is 3. The number of allylic oxidation sites excluding steroid dienone is 1. The third-order valence-corrected chi connectivity index (χ3v) is 7.70. The molecule has 3 aromatic carbocycles. The number of hydrogen-bond donors (Lipinski definition) is 0. The van der Waals surface area contributed by atoms with E-state index in [0.717, 1.165) is 16.8 Å². The Kier molecular flexibility index (Phi) is 5.23. The first-order valence-electron chi connectivity index (χ1n) is 11.8. The van der Waals surface area contributed by atoms with Crippen LogP contribution >= 0.6 is 11.6 Å². The summed E-state index contributed by atoms with van der Waals surface area (Å²) in [7, 11) is 1.56. The lowest BCUT2D eigenvalue weighted by atomic mass is 9.85. The molecule has 0 radical (unpaired) electrons. The van der Waals surface area contributed by atoms with E-state index in [1.54, 1.807) is 61.7 Å². The van der Waals surface area contributed by atoms with Crippen molar-refractivity contribution in [2.75, 3.05) is 16.9 Å². The summed E-state index contributed by atoms with van der Waals surface area (Å²) in [6.45, 7) is 1.97. The van der Waals surface area contributed by atoms with Crippen LogP contribution in [-0.4, -0.2) is 36.8 Å². The lowest BCUT2D eigenvalue weighted by molar-refractivity contribution is -0.122. The van der Waals surface area contributed by atoms with Gasteiger partial charge in [-0.3, -0.25) is 14.4 Å². The first kappa shape index (κ1) is 22.6. The number of imide groups is 1. The molecule has 3 heterocycles. The first-order chi connectivity index (χ1) is 17.4. The molecule has 36 heavy (non-hydrogen) atoms. The van der Waals surface area contributed by atoms with Gasteiger partial charge in [0.1, 0.15) is 11.8 Å². The molecule has 180 valence electrons. The highest BCUT2D eigenvalue weighted by molar-refractivity contribution is 6.31. The number of ketones is 1. The van der Waals surface area contributed by atoms with Crippen molar-refractivity contribution < 1.29 is 19.1 Å². The molecule has 0 aromatic heterocycles. The molecule has 3 aromatic rings. The zero-order chi connectivity index (χ0) is 25.1. The maximum atomic E-state index is 14.0. The molecule has 0 saturated carbocycles. The topological polar surface area (TPSA) is 66.9 Å². The smallest absolute Gasteiger partial charge is 0.240 e. The molecule has 0 spiro atoms. The van der Waals surface area contributed by atoms with Gasteiger partial charge >= 0.3 is 0 Å². The minimum atomic E-state index is -0.827. The van der Waals surface area contributed by atoms with Crippen LogP contribution in [0, 0.1) is 11.8 Å². The van der Waals surface area contributed by atoms with Crippen LogP contribution in [0.3, 0.4) is 0 Å². The third-order valence-electron chi connectivity index (χ3n) is 7.47. The summed E-state index contributed by atoms with van der Waals surface area (Å²) in [5.41, 5.74) is 3.65. The molecule has 0 aliphatic carbocycles. The molecular weight excluding hydrogens is 476 g/mol. The Labute approximate surface area is 213 Å². The first-order valence-corrected chi connectivity index (χ1v) is 12.2. The molecular formula is C29H23ClN2O4. The highest BCUT2D eigenvalue weighted by Gasteiger charge is 2.64. The summed E-state index contributed by atoms with van der Waals surface area (Å²) < 4.78 is 5.22.